The molecule has 1 aromatic heterocycles. The first-order valence-electron chi connectivity index (χ1n) is 29.5. The predicted molar refractivity (Wildman–Crippen MR) is 303 cm³/mol. The number of morpholine rings is 1. The Morgan fingerprint density at radius 1 is 0.821 bits per heavy atom. The Morgan fingerprint density at radius 2 is 1.46 bits per heavy atom. The number of amides is 4. The molecule has 16 N–H and O–H groups in total. The van der Waals surface area contributed by atoms with Crippen LogP contribution in [0.1, 0.15) is 111 Å². The van der Waals surface area contributed by atoms with Crippen LogP contribution in [-0.4, -0.2) is 244 Å². The van der Waals surface area contributed by atoms with E-state index in [4.69, 9.17) is 35.2 Å². The Kier molecular flexibility index (Phi) is 28.7. The van der Waals surface area contributed by atoms with Crippen molar-refractivity contribution in [1.29, 1.82) is 0 Å². The molecular weight excluding hydrogens is 1100 g/mol. The van der Waals surface area contributed by atoms with Crippen LogP contribution in [0, 0.1) is 11.8 Å². The van der Waals surface area contributed by atoms with Crippen LogP contribution in [0.3, 0.4) is 0 Å². The van der Waals surface area contributed by atoms with Gasteiger partial charge in [0.15, 0.2) is 18.5 Å². The number of carbonyl (C=O) groups excluding carboxylic acids is 3. The zero-order valence-corrected chi connectivity index (χ0v) is 49.1. The molecule has 0 aliphatic carbocycles. The van der Waals surface area contributed by atoms with E-state index in [1.165, 1.54) is 7.11 Å². The quantitative estimate of drug-likeness (QED) is 0.0299. The van der Waals surface area contributed by atoms with Gasteiger partial charge in [-0.15, -0.1) is 0 Å². The maximum atomic E-state index is 14.2. The molecule has 0 aromatic carbocycles. The second kappa shape index (κ2) is 34.7. The topological polar surface area (TPSA) is 439 Å². The monoisotopic (exact) mass is 1200 g/mol. The number of aliphatic hydroxyl groups excluding tert-OH is 4. The van der Waals surface area contributed by atoms with E-state index in [0.29, 0.717) is 12.8 Å². The van der Waals surface area contributed by atoms with Crippen molar-refractivity contribution in [3.63, 3.8) is 0 Å². The molecule has 30 heteroatoms. The number of aliphatic hydroxyl groups is 4. The van der Waals surface area contributed by atoms with Gasteiger partial charge in [0.1, 0.15) is 66.9 Å². The van der Waals surface area contributed by atoms with Crippen LogP contribution in [0.5, 0.6) is 0 Å². The minimum absolute atomic E-state index is 0.0287. The predicted octanol–water partition coefficient (Wildman–Crippen LogP) is -2.95. The number of hydrogen-bond acceptors (Lipinski definition) is 22. The SMILES string of the molecule is CO[C@H]1[C@H](OC(C(C(=O)O)N(CCCCCCCCCCCCN2CCOCC2)CCCNC(=O)C(NC(=O)C(NC(=O)NC(C(=O)O)C(C)C)C2CCN=C(N)N2)C(O)C(C)C)[C@H]2O[C@@H](n3ccc(=O)[nH]c3=O)[C@H](O)[C@@H]2O)O[C@H](CN)[C@H]1O. The van der Waals surface area contributed by atoms with Gasteiger partial charge >= 0.3 is 23.7 Å². The highest BCUT2D eigenvalue weighted by atomic mass is 16.7. The molecule has 3 saturated heterocycles. The smallest absolute Gasteiger partial charge is 0.330 e. The summed E-state index contributed by atoms with van der Waals surface area (Å²) >= 11 is 0. The van der Waals surface area contributed by atoms with Crippen molar-refractivity contribution >= 4 is 35.7 Å². The number of nitrogens with zero attached hydrogens (tertiary/aromatic N) is 4. The van der Waals surface area contributed by atoms with E-state index < -0.39 is 144 Å². The minimum Gasteiger partial charge on any atom is -0.480 e. The maximum Gasteiger partial charge on any atom is 0.330 e. The third-order valence-electron chi connectivity index (χ3n) is 15.8. The van der Waals surface area contributed by atoms with Crippen molar-refractivity contribution in [3.8, 4) is 0 Å². The van der Waals surface area contributed by atoms with Gasteiger partial charge in [-0.1, -0.05) is 79.1 Å². The van der Waals surface area contributed by atoms with Crippen molar-refractivity contribution in [2.45, 2.75) is 196 Å². The average Bonchev–Trinajstić information content (AvgIpc) is 2.42. The third kappa shape index (κ3) is 20.1. The number of aliphatic carboxylic acids is 2. The molecule has 478 valence electrons. The highest BCUT2D eigenvalue weighted by Crippen LogP contribution is 2.36. The van der Waals surface area contributed by atoms with E-state index in [2.05, 4.69) is 41.5 Å². The molecule has 5 rings (SSSR count). The Bertz CT molecular complexity index is 2380. The van der Waals surface area contributed by atoms with Gasteiger partial charge in [-0.05, 0) is 50.6 Å². The molecule has 0 saturated carbocycles. The molecule has 0 bridgehead atoms. The number of hydrogen-bond donors (Lipinski definition) is 14. The van der Waals surface area contributed by atoms with Crippen LogP contribution in [0.15, 0.2) is 26.8 Å². The lowest BCUT2D eigenvalue weighted by molar-refractivity contribution is -0.238. The van der Waals surface area contributed by atoms with E-state index in [9.17, 15) is 64.2 Å². The van der Waals surface area contributed by atoms with E-state index >= 15 is 0 Å². The van der Waals surface area contributed by atoms with Crippen LogP contribution in [0.2, 0.25) is 0 Å². The molecule has 4 aliphatic rings. The second-order valence-corrected chi connectivity index (χ2v) is 22.7. The number of aromatic amines is 1. The molecule has 3 fully saturated rings. The number of methoxy groups -OCH3 is 1. The van der Waals surface area contributed by atoms with Crippen molar-refractivity contribution < 1.29 is 78.3 Å². The largest absolute Gasteiger partial charge is 0.480 e. The zero-order valence-electron chi connectivity index (χ0n) is 49.1. The number of carbonyl (C=O) groups is 5. The molecule has 15 atom stereocenters. The summed E-state index contributed by atoms with van der Waals surface area (Å²) in [6.45, 7) is 10.8. The average molecular weight is 1200 g/mol. The number of unbranched alkanes of at least 4 members (excludes halogenated alkanes) is 9. The summed E-state index contributed by atoms with van der Waals surface area (Å²) in [6.07, 6.45) is -4.70. The fourth-order valence-corrected chi connectivity index (χ4v) is 10.9. The maximum absolute atomic E-state index is 14.2. The highest BCUT2D eigenvalue weighted by Gasteiger charge is 2.55. The number of urea groups is 1. The molecular formula is C54H94N12O18. The van der Waals surface area contributed by atoms with Crippen LogP contribution >= 0.6 is 0 Å². The molecule has 4 amide bonds. The lowest BCUT2D eigenvalue weighted by Gasteiger charge is -2.39. The molecule has 1 aromatic rings. The summed E-state index contributed by atoms with van der Waals surface area (Å²) in [5, 5.41) is 79.7. The van der Waals surface area contributed by atoms with Gasteiger partial charge in [-0.2, -0.15) is 0 Å². The summed E-state index contributed by atoms with van der Waals surface area (Å²) in [5.74, 6) is -5.72. The number of H-pyrrole nitrogens is 1. The Hall–Kier alpha value is -5.38. The second-order valence-electron chi connectivity index (χ2n) is 22.7. The summed E-state index contributed by atoms with van der Waals surface area (Å²) in [7, 11) is 1.27. The van der Waals surface area contributed by atoms with Gasteiger partial charge in [0.25, 0.3) is 5.56 Å². The number of nitrogens with one attached hydrogen (secondary N) is 6. The van der Waals surface area contributed by atoms with Gasteiger partial charge < -0.3 is 92.4 Å². The third-order valence-corrected chi connectivity index (χ3v) is 15.8. The number of guanidine groups is 1. The standard InChI is InChI=1S/C54H94N12O18/c1-30(2)35(49(74)75)62-53(78)63-36(32-17-20-58-52(56)59-32)47(73)61-37(39(68)31(3)4)46(72)57-19-16-23-65(22-15-13-11-9-7-6-8-10-12-14-21-64-25-27-81-28-26-64)38(50(76)77)43(84-51-45(80-5)40(69)33(29-55)82-51)44-41(70)42(71)48(83-44)66-24-18-34(67)60-54(66)79/h18,24,30-33,35-45,48,51,68-71H,6-17,19-23,25-29,55H2,1-5H3,(H,57,72)(H,61,73)(H,74,75)(H,76,77)(H3,56,58,59)(H,60,67,79)(H2,62,63,78)/t32?,33-,35?,36?,37?,38?,39?,40-,41+,42-,43?,44+,45-,48-,51+/m1/s1. The fourth-order valence-electron chi connectivity index (χ4n) is 10.9. The van der Waals surface area contributed by atoms with Crippen molar-refractivity contribution in [2.75, 3.05) is 72.7 Å². The highest BCUT2D eigenvalue weighted by molar-refractivity contribution is 5.94. The lowest BCUT2D eigenvalue weighted by Crippen LogP contribution is -2.66. The van der Waals surface area contributed by atoms with Crippen LogP contribution in [-0.2, 0) is 42.9 Å². The number of carboxylic acids is 2. The van der Waals surface area contributed by atoms with Gasteiger partial charge in [0.2, 0.25) is 11.8 Å². The molecule has 4 aliphatic heterocycles. The first-order chi connectivity index (χ1) is 40.1. The van der Waals surface area contributed by atoms with E-state index in [-0.39, 0.29) is 51.5 Å². The molecule has 30 nitrogen and oxygen atoms in total. The van der Waals surface area contributed by atoms with Crippen LogP contribution in [0.4, 0.5) is 4.79 Å². The Balaban J connectivity index is 1.36. The van der Waals surface area contributed by atoms with Crippen LogP contribution in [0.25, 0.3) is 0 Å². The van der Waals surface area contributed by atoms with E-state index in [0.717, 1.165) is 101 Å². The van der Waals surface area contributed by atoms with Crippen molar-refractivity contribution in [1.82, 2.24) is 45.9 Å². The number of aromatic nitrogens is 2. The summed E-state index contributed by atoms with van der Waals surface area (Å²) < 4.78 is 30.4. The van der Waals surface area contributed by atoms with Gasteiger partial charge in [-0.25, -0.2) is 14.4 Å². The molecule has 0 radical (unpaired) electrons. The Morgan fingerprint density at radius 3 is 2.05 bits per heavy atom. The normalized spacial score (nSPS) is 26.0. The van der Waals surface area contributed by atoms with Crippen LogP contribution < -0.4 is 49.3 Å². The Labute approximate surface area is 489 Å². The van der Waals surface area contributed by atoms with Gasteiger partial charge in [0.05, 0.1) is 25.4 Å². The number of nitrogens with two attached hydrogens (primary N) is 2. The zero-order chi connectivity index (χ0) is 61.6. The number of ether oxygens (including phenoxy) is 5. The number of carboxylic acid groups (broad SMARTS) is 2. The summed E-state index contributed by atoms with van der Waals surface area (Å²) in [4.78, 5) is 103. The molecule has 7 unspecified atom stereocenters. The molecule has 0 spiro atoms. The van der Waals surface area contributed by atoms with Gasteiger partial charge in [-0.3, -0.25) is 43.5 Å². The molecule has 5 heterocycles. The van der Waals surface area contributed by atoms with E-state index in [1.807, 2.05) is 0 Å². The number of aliphatic imine (C=N–C) groups is 1. The van der Waals surface area contributed by atoms with Gasteiger partial charge in [0, 0.05) is 58.6 Å². The first kappa shape index (κ1) is 69.4. The van der Waals surface area contributed by atoms with Crippen molar-refractivity contribution in [2.24, 2.45) is 28.3 Å². The molecule has 84 heavy (non-hydrogen) atoms. The van der Waals surface area contributed by atoms with E-state index in [1.54, 1.807) is 32.6 Å². The number of rotatable bonds is 36. The lowest BCUT2D eigenvalue weighted by atomic mass is 9.96. The first-order valence-corrected chi connectivity index (χ1v) is 29.5. The minimum atomic E-state index is -1.92. The summed E-state index contributed by atoms with van der Waals surface area (Å²) in [5.41, 5.74) is 10.1. The fraction of sp³-hybridized carbons (Fsp3) is 0.815. The summed E-state index contributed by atoms with van der Waals surface area (Å²) in [6, 6.07) is -7.04. The van der Waals surface area contributed by atoms with Crippen molar-refractivity contribution in [3.05, 3.63) is 33.1 Å².